The maximum atomic E-state index is 4.42. The minimum absolute atomic E-state index is 0.274. The Morgan fingerprint density at radius 2 is 1.82 bits per heavy atom. The maximum Gasteiger partial charge on any atom is 0.0645 e. The summed E-state index contributed by atoms with van der Waals surface area (Å²) in [5.41, 5.74) is 3.51. The quantitative estimate of drug-likeness (QED) is 0.730. The van der Waals surface area contributed by atoms with Crippen molar-refractivity contribution in [2.24, 2.45) is 0 Å². The SMILES string of the molecule is CC(NCc1cnn(-c2ccccc2)c1)c1ccccc1Br. The molecular formula is C18H18BrN3. The van der Waals surface area contributed by atoms with Gasteiger partial charge in [0.15, 0.2) is 0 Å². The molecule has 0 saturated carbocycles. The van der Waals surface area contributed by atoms with Crippen molar-refractivity contribution >= 4 is 15.9 Å². The fourth-order valence-electron chi connectivity index (χ4n) is 2.38. The normalized spacial score (nSPS) is 12.3. The summed E-state index contributed by atoms with van der Waals surface area (Å²) in [6.07, 6.45) is 3.97. The lowest BCUT2D eigenvalue weighted by atomic mass is 10.1. The van der Waals surface area contributed by atoms with Crippen LogP contribution in [-0.2, 0) is 6.54 Å². The van der Waals surface area contributed by atoms with Crippen LogP contribution >= 0.6 is 15.9 Å². The Balaban J connectivity index is 1.65. The van der Waals surface area contributed by atoms with E-state index in [2.05, 4.69) is 57.7 Å². The number of nitrogens with one attached hydrogen (secondary N) is 1. The Morgan fingerprint density at radius 3 is 2.59 bits per heavy atom. The van der Waals surface area contributed by atoms with E-state index in [1.54, 1.807) is 0 Å². The standard InChI is InChI=1S/C18H18BrN3/c1-14(17-9-5-6-10-18(17)19)20-11-15-12-21-22(13-15)16-7-3-2-4-8-16/h2-10,12-14,20H,11H2,1H3. The Bertz CT molecular complexity index is 737. The monoisotopic (exact) mass is 355 g/mol. The summed E-state index contributed by atoms with van der Waals surface area (Å²) in [6.45, 7) is 2.96. The number of rotatable bonds is 5. The van der Waals surface area contributed by atoms with E-state index in [1.807, 2.05) is 47.3 Å². The van der Waals surface area contributed by atoms with Gasteiger partial charge in [0.05, 0.1) is 11.9 Å². The van der Waals surface area contributed by atoms with Crippen LogP contribution in [0.15, 0.2) is 71.5 Å². The number of benzene rings is 2. The lowest BCUT2D eigenvalue weighted by molar-refractivity contribution is 0.573. The summed E-state index contributed by atoms with van der Waals surface area (Å²) in [5.74, 6) is 0. The van der Waals surface area contributed by atoms with E-state index in [4.69, 9.17) is 0 Å². The molecule has 3 aromatic rings. The van der Waals surface area contributed by atoms with E-state index in [1.165, 1.54) is 11.1 Å². The third kappa shape index (κ3) is 3.46. The number of aromatic nitrogens is 2. The Kier molecular flexibility index (Phi) is 4.71. The highest BCUT2D eigenvalue weighted by molar-refractivity contribution is 9.10. The Labute approximate surface area is 139 Å². The molecule has 22 heavy (non-hydrogen) atoms. The summed E-state index contributed by atoms with van der Waals surface area (Å²) in [5, 5.41) is 7.96. The fraction of sp³-hybridized carbons (Fsp3) is 0.167. The first-order chi connectivity index (χ1) is 10.7. The largest absolute Gasteiger partial charge is 0.306 e. The average Bonchev–Trinajstić information content (AvgIpc) is 3.03. The van der Waals surface area contributed by atoms with Gasteiger partial charge < -0.3 is 5.32 Å². The molecule has 4 heteroatoms. The number of para-hydroxylation sites is 1. The summed E-state index contributed by atoms with van der Waals surface area (Å²) in [6, 6.07) is 18.7. The molecule has 3 nitrogen and oxygen atoms in total. The van der Waals surface area contributed by atoms with Gasteiger partial charge in [-0.2, -0.15) is 5.10 Å². The van der Waals surface area contributed by atoms with Crippen LogP contribution in [0.3, 0.4) is 0 Å². The number of hydrogen-bond donors (Lipinski definition) is 1. The van der Waals surface area contributed by atoms with Gasteiger partial charge in [0.1, 0.15) is 0 Å². The summed E-state index contributed by atoms with van der Waals surface area (Å²) in [4.78, 5) is 0. The van der Waals surface area contributed by atoms with Crippen molar-refractivity contribution < 1.29 is 0 Å². The first-order valence-corrected chi connectivity index (χ1v) is 8.10. The maximum absolute atomic E-state index is 4.42. The van der Waals surface area contributed by atoms with Crippen LogP contribution in [0.2, 0.25) is 0 Å². The van der Waals surface area contributed by atoms with Crippen molar-refractivity contribution in [2.75, 3.05) is 0 Å². The van der Waals surface area contributed by atoms with Crippen LogP contribution in [0, 0.1) is 0 Å². The van der Waals surface area contributed by atoms with Crippen molar-refractivity contribution in [3.63, 3.8) is 0 Å². The molecule has 112 valence electrons. The molecule has 1 unspecified atom stereocenters. The van der Waals surface area contributed by atoms with Gasteiger partial charge in [-0.1, -0.05) is 52.3 Å². The van der Waals surface area contributed by atoms with Crippen LogP contribution in [0.1, 0.15) is 24.1 Å². The molecule has 0 spiro atoms. The predicted octanol–water partition coefficient (Wildman–Crippen LogP) is 4.49. The molecule has 1 atom stereocenters. The zero-order chi connectivity index (χ0) is 15.4. The second-order valence-corrected chi connectivity index (χ2v) is 6.11. The van der Waals surface area contributed by atoms with E-state index in [0.717, 1.165) is 16.7 Å². The molecule has 1 aromatic heterocycles. The number of nitrogens with zero attached hydrogens (tertiary/aromatic N) is 2. The topological polar surface area (TPSA) is 29.9 Å². The molecule has 0 aliphatic rings. The number of halogens is 1. The van der Waals surface area contributed by atoms with Gasteiger partial charge >= 0.3 is 0 Å². The van der Waals surface area contributed by atoms with E-state index < -0.39 is 0 Å². The van der Waals surface area contributed by atoms with Gasteiger partial charge in [0.25, 0.3) is 0 Å². The van der Waals surface area contributed by atoms with E-state index in [9.17, 15) is 0 Å². The van der Waals surface area contributed by atoms with Gasteiger partial charge in [0.2, 0.25) is 0 Å². The van der Waals surface area contributed by atoms with Crippen LogP contribution in [0.4, 0.5) is 0 Å². The molecule has 0 bridgehead atoms. The van der Waals surface area contributed by atoms with Gasteiger partial charge in [-0.15, -0.1) is 0 Å². The molecule has 0 aliphatic carbocycles. The highest BCUT2D eigenvalue weighted by atomic mass is 79.9. The predicted molar refractivity (Wildman–Crippen MR) is 93.0 cm³/mol. The smallest absolute Gasteiger partial charge is 0.0645 e. The molecule has 0 amide bonds. The van der Waals surface area contributed by atoms with Crippen LogP contribution in [-0.4, -0.2) is 9.78 Å². The van der Waals surface area contributed by atoms with E-state index >= 15 is 0 Å². The third-order valence-corrected chi connectivity index (χ3v) is 4.36. The summed E-state index contributed by atoms with van der Waals surface area (Å²) in [7, 11) is 0. The van der Waals surface area contributed by atoms with Crippen molar-refractivity contribution in [1.29, 1.82) is 0 Å². The molecule has 1 N–H and O–H groups in total. The minimum Gasteiger partial charge on any atom is -0.306 e. The first-order valence-electron chi connectivity index (χ1n) is 7.31. The fourth-order valence-corrected chi connectivity index (χ4v) is 3.01. The molecule has 0 saturated heterocycles. The van der Waals surface area contributed by atoms with Crippen LogP contribution < -0.4 is 5.32 Å². The van der Waals surface area contributed by atoms with Crippen molar-refractivity contribution in [3.8, 4) is 5.69 Å². The van der Waals surface area contributed by atoms with Gasteiger partial charge in [-0.25, -0.2) is 4.68 Å². The van der Waals surface area contributed by atoms with Crippen molar-refractivity contribution in [2.45, 2.75) is 19.5 Å². The van der Waals surface area contributed by atoms with Gasteiger partial charge in [0, 0.05) is 28.8 Å². The third-order valence-electron chi connectivity index (χ3n) is 3.64. The van der Waals surface area contributed by atoms with Crippen LogP contribution in [0.5, 0.6) is 0 Å². The molecule has 3 rings (SSSR count). The molecule has 2 aromatic carbocycles. The zero-order valence-corrected chi connectivity index (χ0v) is 14.0. The molecular weight excluding hydrogens is 338 g/mol. The average molecular weight is 356 g/mol. The van der Waals surface area contributed by atoms with E-state index in [-0.39, 0.29) is 6.04 Å². The second kappa shape index (κ2) is 6.90. The molecule has 0 aliphatic heterocycles. The van der Waals surface area contributed by atoms with Crippen LogP contribution in [0.25, 0.3) is 5.69 Å². The lowest BCUT2D eigenvalue weighted by Crippen LogP contribution is -2.18. The van der Waals surface area contributed by atoms with Gasteiger partial charge in [-0.05, 0) is 30.7 Å². The zero-order valence-electron chi connectivity index (χ0n) is 12.4. The Morgan fingerprint density at radius 1 is 1.09 bits per heavy atom. The van der Waals surface area contributed by atoms with Gasteiger partial charge in [-0.3, -0.25) is 0 Å². The second-order valence-electron chi connectivity index (χ2n) is 5.25. The van der Waals surface area contributed by atoms with E-state index in [0.29, 0.717) is 0 Å². The molecule has 0 fully saturated rings. The lowest BCUT2D eigenvalue weighted by Gasteiger charge is -2.15. The molecule has 1 heterocycles. The highest BCUT2D eigenvalue weighted by Crippen LogP contribution is 2.23. The highest BCUT2D eigenvalue weighted by Gasteiger charge is 2.09. The summed E-state index contributed by atoms with van der Waals surface area (Å²) < 4.78 is 3.04. The minimum atomic E-state index is 0.274. The Hall–Kier alpha value is -1.91. The first kappa shape index (κ1) is 15.0. The summed E-state index contributed by atoms with van der Waals surface area (Å²) >= 11 is 3.60. The molecule has 0 radical (unpaired) electrons. The number of hydrogen-bond acceptors (Lipinski definition) is 2. The van der Waals surface area contributed by atoms with Crippen molar-refractivity contribution in [3.05, 3.63) is 82.6 Å². The van der Waals surface area contributed by atoms with Crippen molar-refractivity contribution in [1.82, 2.24) is 15.1 Å².